The molecule has 3 aromatic rings. The first-order valence-electron chi connectivity index (χ1n) is 12.7. The standard InChI is InChI=1S/C28H28N4O6S/c1-4-38-27(34)24-17(2)29-28-31(25(24)18-7-10-21(37-3)11-8-18)26(33)23(39-28)16-19-15-20(32(35)36)9-12-22(19)30-13-5-6-14-30/h7-12,15-16,25H,4-6,13-14H2,1-3H3/b23-16+/t25-/m1/s1. The Balaban J connectivity index is 1.71. The molecule has 0 radical (unpaired) electrons. The van der Waals surface area contributed by atoms with Gasteiger partial charge in [0.2, 0.25) is 0 Å². The number of aromatic nitrogens is 1. The van der Waals surface area contributed by atoms with Gasteiger partial charge in [-0.15, -0.1) is 0 Å². The Labute approximate surface area is 228 Å². The van der Waals surface area contributed by atoms with Crippen LogP contribution >= 0.6 is 11.3 Å². The Morgan fingerprint density at radius 2 is 1.92 bits per heavy atom. The molecular formula is C28H28N4O6S. The summed E-state index contributed by atoms with van der Waals surface area (Å²) in [6.07, 6.45) is 3.77. The molecular weight excluding hydrogens is 520 g/mol. The molecule has 1 fully saturated rings. The average Bonchev–Trinajstić information content (AvgIpc) is 3.56. The quantitative estimate of drug-likeness (QED) is 0.253. The summed E-state index contributed by atoms with van der Waals surface area (Å²) in [5.74, 6) is 0.105. The number of benzene rings is 2. The van der Waals surface area contributed by atoms with Crippen LogP contribution in [0.2, 0.25) is 0 Å². The van der Waals surface area contributed by atoms with Crippen molar-refractivity contribution >= 4 is 34.8 Å². The number of ether oxygens (including phenoxy) is 2. The van der Waals surface area contributed by atoms with Gasteiger partial charge in [0.05, 0.1) is 40.5 Å². The summed E-state index contributed by atoms with van der Waals surface area (Å²) in [7, 11) is 1.57. The van der Waals surface area contributed by atoms with Crippen molar-refractivity contribution in [2.24, 2.45) is 4.99 Å². The predicted octanol–water partition coefficient (Wildman–Crippen LogP) is 3.32. The molecule has 1 saturated heterocycles. The number of thiazole rings is 1. The number of anilines is 1. The largest absolute Gasteiger partial charge is 0.497 e. The number of rotatable bonds is 7. The van der Waals surface area contributed by atoms with E-state index in [1.807, 2.05) is 12.1 Å². The average molecular weight is 549 g/mol. The number of hydrogen-bond acceptors (Lipinski definition) is 9. The highest BCUT2D eigenvalue weighted by Gasteiger charge is 2.33. The lowest BCUT2D eigenvalue weighted by molar-refractivity contribution is -0.384. The van der Waals surface area contributed by atoms with E-state index in [0.29, 0.717) is 31.9 Å². The van der Waals surface area contributed by atoms with Gasteiger partial charge in [-0.3, -0.25) is 19.5 Å². The van der Waals surface area contributed by atoms with Gasteiger partial charge in [-0.05, 0) is 56.5 Å². The Kier molecular flexibility index (Phi) is 7.34. The van der Waals surface area contributed by atoms with E-state index < -0.39 is 16.9 Å². The van der Waals surface area contributed by atoms with Crippen LogP contribution in [-0.4, -0.2) is 42.3 Å². The molecule has 0 amide bonds. The van der Waals surface area contributed by atoms with E-state index >= 15 is 0 Å². The molecule has 3 heterocycles. The first-order valence-corrected chi connectivity index (χ1v) is 13.5. The topological polar surface area (TPSA) is 116 Å². The number of nitro benzene ring substituents is 1. The number of carbonyl (C=O) groups excluding carboxylic acids is 1. The zero-order valence-corrected chi connectivity index (χ0v) is 22.7. The minimum atomic E-state index is -0.753. The number of nitro groups is 1. The lowest BCUT2D eigenvalue weighted by Crippen LogP contribution is -2.40. The van der Waals surface area contributed by atoms with Crippen LogP contribution in [0.3, 0.4) is 0 Å². The summed E-state index contributed by atoms with van der Waals surface area (Å²) < 4.78 is 12.5. The zero-order chi connectivity index (χ0) is 27.7. The van der Waals surface area contributed by atoms with Crippen molar-refractivity contribution in [3.05, 3.63) is 94.7 Å². The SMILES string of the molecule is CCOC(=O)C1=C(C)N=c2s/c(=C/c3cc([N+](=O)[O-])ccc3N3CCCC3)c(=O)n2[C@@H]1c1ccc(OC)cc1. The maximum absolute atomic E-state index is 13.9. The first-order chi connectivity index (χ1) is 18.8. The molecule has 39 heavy (non-hydrogen) atoms. The molecule has 2 aromatic carbocycles. The van der Waals surface area contributed by atoms with E-state index in [9.17, 15) is 19.7 Å². The highest BCUT2D eigenvalue weighted by molar-refractivity contribution is 7.07. The Hall–Kier alpha value is -4.25. The molecule has 11 heteroatoms. The van der Waals surface area contributed by atoms with Crippen LogP contribution in [0, 0.1) is 10.1 Å². The molecule has 0 unspecified atom stereocenters. The van der Waals surface area contributed by atoms with Gasteiger partial charge in [0, 0.05) is 36.5 Å². The minimum Gasteiger partial charge on any atom is -0.497 e. The molecule has 5 rings (SSSR count). The third-order valence-corrected chi connectivity index (χ3v) is 7.89. The van der Waals surface area contributed by atoms with E-state index in [-0.39, 0.29) is 23.4 Å². The number of methoxy groups -OCH3 is 1. The van der Waals surface area contributed by atoms with Gasteiger partial charge in [0.25, 0.3) is 11.2 Å². The van der Waals surface area contributed by atoms with E-state index in [1.165, 1.54) is 28.0 Å². The first kappa shape index (κ1) is 26.4. The summed E-state index contributed by atoms with van der Waals surface area (Å²) in [5.41, 5.74) is 2.51. The van der Waals surface area contributed by atoms with Gasteiger partial charge in [-0.1, -0.05) is 23.5 Å². The van der Waals surface area contributed by atoms with Gasteiger partial charge < -0.3 is 14.4 Å². The van der Waals surface area contributed by atoms with Gasteiger partial charge in [-0.2, -0.15) is 0 Å². The third kappa shape index (κ3) is 4.97. The molecule has 0 bridgehead atoms. The lowest BCUT2D eigenvalue weighted by Gasteiger charge is -2.24. The summed E-state index contributed by atoms with van der Waals surface area (Å²) in [6, 6.07) is 11.2. The normalized spacial score (nSPS) is 17.2. The van der Waals surface area contributed by atoms with Crippen LogP contribution in [0.25, 0.3) is 6.08 Å². The van der Waals surface area contributed by atoms with Gasteiger partial charge in [0.1, 0.15) is 5.75 Å². The van der Waals surface area contributed by atoms with Crippen molar-refractivity contribution in [3.63, 3.8) is 0 Å². The van der Waals surface area contributed by atoms with Crippen LogP contribution < -0.4 is 24.5 Å². The highest BCUT2D eigenvalue weighted by Crippen LogP contribution is 2.32. The van der Waals surface area contributed by atoms with Crippen molar-refractivity contribution in [2.75, 3.05) is 31.7 Å². The maximum Gasteiger partial charge on any atom is 0.338 e. The number of hydrogen-bond donors (Lipinski definition) is 0. The smallest absolute Gasteiger partial charge is 0.338 e. The van der Waals surface area contributed by atoms with Crippen LogP contribution in [-0.2, 0) is 9.53 Å². The van der Waals surface area contributed by atoms with Crippen LogP contribution in [0.1, 0.15) is 43.9 Å². The Morgan fingerprint density at radius 3 is 2.56 bits per heavy atom. The van der Waals surface area contributed by atoms with E-state index in [1.54, 1.807) is 45.2 Å². The van der Waals surface area contributed by atoms with Crippen LogP contribution in [0.4, 0.5) is 11.4 Å². The van der Waals surface area contributed by atoms with Crippen molar-refractivity contribution in [1.29, 1.82) is 0 Å². The molecule has 1 aromatic heterocycles. The number of nitrogens with zero attached hydrogens (tertiary/aromatic N) is 4. The number of esters is 1. The van der Waals surface area contributed by atoms with Gasteiger partial charge in [-0.25, -0.2) is 9.79 Å². The molecule has 10 nitrogen and oxygen atoms in total. The predicted molar refractivity (Wildman–Crippen MR) is 148 cm³/mol. The molecule has 0 saturated carbocycles. The lowest BCUT2D eigenvalue weighted by atomic mass is 9.96. The number of carbonyl (C=O) groups is 1. The fraction of sp³-hybridized carbons (Fsp3) is 0.321. The fourth-order valence-corrected chi connectivity index (χ4v) is 6.09. The summed E-state index contributed by atoms with van der Waals surface area (Å²) in [5, 5.41) is 11.5. The van der Waals surface area contributed by atoms with Crippen LogP contribution in [0.15, 0.2) is 63.5 Å². The minimum absolute atomic E-state index is 0.0477. The van der Waals surface area contributed by atoms with Crippen molar-refractivity contribution < 1.29 is 19.2 Å². The molecule has 0 N–H and O–H groups in total. The number of non-ortho nitro benzene ring substituents is 1. The fourth-order valence-electron chi connectivity index (χ4n) is 5.05. The van der Waals surface area contributed by atoms with Crippen molar-refractivity contribution in [3.8, 4) is 5.75 Å². The number of allylic oxidation sites excluding steroid dienone is 1. The zero-order valence-electron chi connectivity index (χ0n) is 21.9. The van der Waals surface area contributed by atoms with E-state index in [4.69, 9.17) is 9.47 Å². The molecule has 0 aliphatic carbocycles. The Morgan fingerprint density at radius 1 is 1.21 bits per heavy atom. The second-order valence-corrected chi connectivity index (χ2v) is 10.3. The molecule has 2 aliphatic rings. The molecule has 2 aliphatic heterocycles. The number of fused-ring (bicyclic) bond motifs is 1. The summed E-state index contributed by atoms with van der Waals surface area (Å²) >= 11 is 1.19. The van der Waals surface area contributed by atoms with Crippen molar-refractivity contribution in [1.82, 2.24) is 4.57 Å². The monoisotopic (exact) mass is 548 g/mol. The van der Waals surface area contributed by atoms with Gasteiger partial charge in [0.15, 0.2) is 4.80 Å². The summed E-state index contributed by atoms with van der Waals surface area (Å²) in [4.78, 5) is 45.3. The Bertz CT molecular complexity index is 1650. The highest BCUT2D eigenvalue weighted by atomic mass is 32.1. The van der Waals surface area contributed by atoms with E-state index in [2.05, 4.69) is 9.89 Å². The molecule has 1 atom stereocenters. The second-order valence-electron chi connectivity index (χ2n) is 9.27. The van der Waals surface area contributed by atoms with Crippen LogP contribution in [0.5, 0.6) is 5.75 Å². The second kappa shape index (κ2) is 10.9. The van der Waals surface area contributed by atoms with E-state index in [0.717, 1.165) is 31.6 Å². The van der Waals surface area contributed by atoms with Crippen molar-refractivity contribution in [2.45, 2.75) is 32.7 Å². The summed E-state index contributed by atoms with van der Waals surface area (Å²) in [6.45, 7) is 5.33. The molecule has 0 spiro atoms. The van der Waals surface area contributed by atoms with Gasteiger partial charge >= 0.3 is 5.97 Å². The maximum atomic E-state index is 13.9. The molecule has 202 valence electrons. The third-order valence-electron chi connectivity index (χ3n) is 6.90.